The van der Waals surface area contributed by atoms with Gasteiger partial charge in [-0.15, -0.1) is 4.99 Å². The predicted molar refractivity (Wildman–Crippen MR) is 119 cm³/mol. The highest BCUT2D eigenvalue weighted by Gasteiger charge is 2.43. The molecule has 10 nitrogen and oxygen atoms in total. The molecule has 3 aliphatic heterocycles. The maximum atomic E-state index is 13.4. The Balaban J connectivity index is 1.47. The first-order chi connectivity index (χ1) is 16.1. The van der Waals surface area contributed by atoms with Gasteiger partial charge in [0.05, 0.1) is 25.0 Å². The average molecular weight is 455 g/mol. The van der Waals surface area contributed by atoms with Crippen LogP contribution in [0.25, 0.3) is 0 Å². The molecule has 0 radical (unpaired) electrons. The molecule has 2 amide bonds. The van der Waals surface area contributed by atoms with Gasteiger partial charge in [0, 0.05) is 45.2 Å². The molecule has 176 valence electrons. The molecule has 2 unspecified atom stereocenters. The molecular formula is C23H30N6O4. The van der Waals surface area contributed by atoms with E-state index in [0.29, 0.717) is 58.3 Å². The van der Waals surface area contributed by atoms with Gasteiger partial charge in [0.25, 0.3) is 0 Å². The molecule has 1 aromatic carbocycles. The van der Waals surface area contributed by atoms with E-state index >= 15 is 0 Å². The first-order valence-electron chi connectivity index (χ1n) is 11.4. The van der Waals surface area contributed by atoms with Crippen molar-refractivity contribution in [2.45, 2.75) is 18.8 Å². The van der Waals surface area contributed by atoms with Crippen molar-refractivity contribution in [2.75, 3.05) is 52.5 Å². The van der Waals surface area contributed by atoms with E-state index < -0.39 is 17.7 Å². The molecule has 2 N–H and O–H groups in total. The van der Waals surface area contributed by atoms with E-state index in [1.807, 2.05) is 39.1 Å². The zero-order valence-electron chi connectivity index (χ0n) is 18.6. The second-order valence-electron chi connectivity index (χ2n) is 8.72. The number of hydrogen-bond donors (Lipinski definition) is 2. The second-order valence-corrected chi connectivity index (χ2v) is 8.72. The molecule has 0 aliphatic carbocycles. The summed E-state index contributed by atoms with van der Waals surface area (Å²) in [5.74, 6) is -1.13. The smallest absolute Gasteiger partial charge is 0.249 e. The minimum Gasteiger partial charge on any atom is -0.378 e. The largest absolute Gasteiger partial charge is 0.378 e. The van der Waals surface area contributed by atoms with Crippen molar-refractivity contribution in [3.8, 4) is 6.19 Å². The first kappa shape index (κ1) is 23.0. The highest BCUT2D eigenvalue weighted by atomic mass is 16.5. The Morgan fingerprint density at radius 1 is 1.00 bits per heavy atom. The van der Waals surface area contributed by atoms with Crippen LogP contribution in [0.4, 0.5) is 0 Å². The van der Waals surface area contributed by atoms with Gasteiger partial charge < -0.3 is 19.4 Å². The average Bonchev–Trinajstić information content (AvgIpc) is 3.37. The van der Waals surface area contributed by atoms with E-state index in [-0.39, 0.29) is 18.4 Å². The van der Waals surface area contributed by atoms with Gasteiger partial charge in [0.1, 0.15) is 0 Å². The van der Waals surface area contributed by atoms with Crippen molar-refractivity contribution >= 4 is 17.8 Å². The summed E-state index contributed by atoms with van der Waals surface area (Å²) in [6.07, 6.45) is 3.19. The van der Waals surface area contributed by atoms with Gasteiger partial charge >= 0.3 is 0 Å². The molecule has 3 heterocycles. The zero-order valence-corrected chi connectivity index (χ0v) is 18.6. The van der Waals surface area contributed by atoms with Crippen molar-refractivity contribution in [2.24, 2.45) is 16.8 Å². The fourth-order valence-corrected chi connectivity index (χ4v) is 5.12. The molecule has 10 heteroatoms. The van der Waals surface area contributed by atoms with Crippen LogP contribution in [0, 0.1) is 23.3 Å². The topological polar surface area (TPSA) is 122 Å². The number of morpholine rings is 1. The lowest BCUT2D eigenvalue weighted by molar-refractivity contribution is -0.147. The van der Waals surface area contributed by atoms with Gasteiger partial charge in [-0.1, -0.05) is 30.3 Å². The van der Waals surface area contributed by atoms with Crippen LogP contribution in [0.3, 0.4) is 0 Å². The Labute approximate surface area is 193 Å². The number of hydroxylamine groups is 1. The molecule has 3 fully saturated rings. The van der Waals surface area contributed by atoms with Crippen LogP contribution in [0.1, 0.15) is 24.3 Å². The summed E-state index contributed by atoms with van der Waals surface area (Å²) in [6.45, 7) is 4.27. The molecule has 3 atom stereocenters. The van der Waals surface area contributed by atoms with E-state index in [4.69, 9.17) is 4.74 Å². The third kappa shape index (κ3) is 5.10. The fourth-order valence-electron chi connectivity index (χ4n) is 5.12. The molecule has 0 bridgehead atoms. The molecule has 0 spiro atoms. The number of nitriles is 1. The summed E-state index contributed by atoms with van der Waals surface area (Å²) < 4.78 is 5.39. The van der Waals surface area contributed by atoms with Crippen LogP contribution in [0.2, 0.25) is 0 Å². The van der Waals surface area contributed by atoms with E-state index in [0.717, 1.165) is 6.42 Å². The summed E-state index contributed by atoms with van der Waals surface area (Å²) in [4.78, 5) is 35.7. The van der Waals surface area contributed by atoms with Crippen molar-refractivity contribution in [1.82, 2.24) is 20.2 Å². The third-order valence-corrected chi connectivity index (χ3v) is 6.87. The van der Waals surface area contributed by atoms with Crippen LogP contribution in [0.15, 0.2) is 35.3 Å². The minimum absolute atomic E-state index is 0.0492. The lowest BCUT2D eigenvalue weighted by atomic mass is 9.83. The van der Waals surface area contributed by atoms with Gasteiger partial charge in [-0.25, -0.2) is 5.48 Å². The first-order valence-corrected chi connectivity index (χ1v) is 11.4. The van der Waals surface area contributed by atoms with Crippen molar-refractivity contribution in [3.63, 3.8) is 0 Å². The molecular weight excluding hydrogens is 424 g/mol. The SMILES string of the molecule is N#CN=C(N1CCOCC1)N1CCC(C(=O)N2CC[C@H](c3ccccc3)C2)C(C(=O)NO)C1. The van der Waals surface area contributed by atoms with Gasteiger partial charge in [0.15, 0.2) is 0 Å². The summed E-state index contributed by atoms with van der Waals surface area (Å²) in [5, 5.41) is 18.6. The highest BCUT2D eigenvalue weighted by molar-refractivity contribution is 5.89. The van der Waals surface area contributed by atoms with E-state index in [9.17, 15) is 20.1 Å². The molecule has 0 saturated carbocycles. The summed E-state index contributed by atoms with van der Waals surface area (Å²) in [7, 11) is 0. The summed E-state index contributed by atoms with van der Waals surface area (Å²) in [6, 6.07) is 10.2. The van der Waals surface area contributed by atoms with Crippen LogP contribution in [-0.2, 0) is 14.3 Å². The minimum atomic E-state index is -0.739. The molecule has 1 aromatic rings. The van der Waals surface area contributed by atoms with Crippen LogP contribution in [-0.4, -0.2) is 90.2 Å². The standard InChI is InChI=1S/C23H30N6O4/c24-16-25-23(27-10-12-33-13-11-27)29-9-7-19(20(15-29)21(30)26-32)22(31)28-8-6-18(14-28)17-4-2-1-3-5-17/h1-5,18-20,32H,6-15H2,(H,26,30)/t18-,19?,20?/m0/s1. The lowest BCUT2D eigenvalue weighted by Gasteiger charge is -2.42. The zero-order chi connectivity index (χ0) is 23.2. The van der Waals surface area contributed by atoms with Gasteiger partial charge in [-0.2, -0.15) is 5.26 Å². The second kappa shape index (κ2) is 10.6. The van der Waals surface area contributed by atoms with Crippen molar-refractivity contribution in [1.29, 1.82) is 5.26 Å². The molecule has 0 aromatic heterocycles. The predicted octanol–water partition coefficient (Wildman–Crippen LogP) is 0.615. The van der Waals surface area contributed by atoms with Gasteiger partial charge in [-0.05, 0) is 18.4 Å². The maximum Gasteiger partial charge on any atom is 0.249 e. The molecule has 4 rings (SSSR count). The highest BCUT2D eigenvalue weighted by Crippen LogP contribution is 2.32. The van der Waals surface area contributed by atoms with Crippen molar-refractivity contribution < 1.29 is 19.5 Å². The lowest BCUT2D eigenvalue weighted by Crippen LogP contribution is -2.57. The summed E-state index contributed by atoms with van der Waals surface area (Å²) in [5.41, 5.74) is 2.96. The monoisotopic (exact) mass is 454 g/mol. The van der Waals surface area contributed by atoms with Crippen LogP contribution in [0.5, 0.6) is 0 Å². The van der Waals surface area contributed by atoms with Crippen LogP contribution >= 0.6 is 0 Å². The number of nitrogens with zero attached hydrogens (tertiary/aromatic N) is 5. The van der Waals surface area contributed by atoms with E-state index in [1.54, 1.807) is 5.48 Å². The van der Waals surface area contributed by atoms with Gasteiger partial charge in [-0.3, -0.25) is 14.8 Å². The number of amides is 2. The maximum absolute atomic E-state index is 13.4. The normalized spacial score (nSPS) is 26.1. The van der Waals surface area contributed by atoms with E-state index in [2.05, 4.69) is 17.1 Å². The fraction of sp³-hybridized carbons (Fsp3) is 0.565. The Kier molecular flexibility index (Phi) is 7.42. The van der Waals surface area contributed by atoms with Gasteiger partial charge in [0.2, 0.25) is 24.0 Å². The Morgan fingerprint density at radius 3 is 2.42 bits per heavy atom. The Bertz CT molecular complexity index is 911. The number of guanidine groups is 1. The number of ether oxygens (including phenoxy) is 1. The number of aliphatic imine (C=N–C) groups is 1. The summed E-state index contributed by atoms with van der Waals surface area (Å²) >= 11 is 0. The Morgan fingerprint density at radius 2 is 1.73 bits per heavy atom. The number of benzene rings is 1. The number of likely N-dealkylation sites (tertiary alicyclic amines) is 2. The third-order valence-electron chi connectivity index (χ3n) is 6.87. The number of nitrogens with one attached hydrogen (secondary N) is 1. The number of piperidine rings is 1. The van der Waals surface area contributed by atoms with Crippen LogP contribution < -0.4 is 5.48 Å². The number of hydrogen-bond acceptors (Lipinski definition) is 6. The number of carbonyl (C=O) groups excluding carboxylic acids is 2. The molecule has 3 saturated heterocycles. The quantitative estimate of drug-likeness (QED) is 0.226. The molecule has 3 aliphatic rings. The van der Waals surface area contributed by atoms with Crippen molar-refractivity contribution in [3.05, 3.63) is 35.9 Å². The molecule has 33 heavy (non-hydrogen) atoms. The van der Waals surface area contributed by atoms with E-state index in [1.165, 1.54) is 5.56 Å². The number of carbonyl (C=O) groups is 2. The number of rotatable bonds is 3. The Hall–Kier alpha value is -3.16.